The normalized spacial score (nSPS) is 8.42. The number of hydrogen-bond donors (Lipinski definition) is 0. The Bertz CT molecular complexity index is 569. The van der Waals surface area contributed by atoms with E-state index in [1.807, 2.05) is 6.07 Å². The number of halogens is 1. The molecule has 0 saturated heterocycles. The van der Waals surface area contributed by atoms with Crippen molar-refractivity contribution < 1.29 is 46.8 Å². The van der Waals surface area contributed by atoms with E-state index in [1.165, 1.54) is 12.7 Å². The van der Waals surface area contributed by atoms with Crippen LogP contribution in [0.15, 0.2) is 42.5 Å². The zero-order valence-corrected chi connectivity index (χ0v) is 10.9. The standard InChI is InChI=1S/C14H8FNO.2Li/c15-13-5-2-6-14(8-13)17-10-12-4-1-3-11(7-12)9-16;;/h1-7,10H;;/q-2;2*+1. The van der Waals surface area contributed by atoms with E-state index in [2.05, 4.69) is 6.07 Å². The molecule has 84 valence electrons. The van der Waals surface area contributed by atoms with Crippen LogP contribution in [0.1, 0.15) is 11.1 Å². The molecule has 19 heavy (non-hydrogen) atoms. The van der Waals surface area contributed by atoms with Crippen molar-refractivity contribution in [3.63, 3.8) is 0 Å². The van der Waals surface area contributed by atoms with Crippen LogP contribution in [0.3, 0.4) is 0 Å². The van der Waals surface area contributed by atoms with Crippen LogP contribution in [-0.2, 0) is 0 Å². The summed E-state index contributed by atoms with van der Waals surface area (Å²) in [5.74, 6) is -0.172. The summed E-state index contributed by atoms with van der Waals surface area (Å²) in [5.41, 5.74) is 1.28. The van der Waals surface area contributed by atoms with Crippen LogP contribution in [-0.4, -0.2) is 0 Å². The van der Waals surface area contributed by atoms with E-state index in [1.54, 1.807) is 36.4 Å². The second kappa shape index (κ2) is 8.76. The summed E-state index contributed by atoms with van der Waals surface area (Å²) >= 11 is 0. The second-order valence-corrected chi connectivity index (χ2v) is 3.34. The number of nitriles is 1. The average Bonchev–Trinajstić information content (AvgIpc) is 2.37. The van der Waals surface area contributed by atoms with Gasteiger partial charge in [-0.2, -0.15) is 23.0 Å². The molecule has 0 saturated carbocycles. The van der Waals surface area contributed by atoms with E-state index >= 15 is 0 Å². The Hall–Kier alpha value is -1.28. The molecule has 0 aliphatic rings. The van der Waals surface area contributed by atoms with E-state index in [0.29, 0.717) is 11.3 Å². The van der Waals surface area contributed by atoms with Gasteiger partial charge in [-0.25, -0.2) is 4.39 Å². The molecule has 2 nitrogen and oxygen atoms in total. The second-order valence-electron chi connectivity index (χ2n) is 3.34. The number of hydrogen-bond acceptors (Lipinski definition) is 2. The summed E-state index contributed by atoms with van der Waals surface area (Å²) in [6.07, 6.45) is 0. The summed E-state index contributed by atoms with van der Waals surface area (Å²) in [6.45, 7) is 1.45. The molecule has 0 fully saturated rings. The summed E-state index contributed by atoms with van der Waals surface area (Å²) < 4.78 is 18.1. The third-order valence-electron chi connectivity index (χ3n) is 2.07. The van der Waals surface area contributed by atoms with Gasteiger partial charge in [0.05, 0.1) is 6.07 Å². The summed E-state index contributed by atoms with van der Waals surface area (Å²) in [7, 11) is 0. The number of rotatable bonds is 3. The SMILES string of the molecule is N#Cc1cccc([CH-]Oc2[c-]c(F)ccc2)c1.[Li+].[Li+]. The fourth-order valence-corrected chi connectivity index (χ4v) is 1.30. The van der Waals surface area contributed by atoms with Gasteiger partial charge in [0.1, 0.15) is 0 Å². The molecule has 0 aliphatic heterocycles. The first-order chi connectivity index (χ1) is 8.28. The molecule has 0 radical (unpaired) electrons. The van der Waals surface area contributed by atoms with Crippen molar-refractivity contribution in [3.05, 3.63) is 72.1 Å². The minimum atomic E-state index is -0.471. The topological polar surface area (TPSA) is 33.0 Å². The van der Waals surface area contributed by atoms with Gasteiger partial charge >= 0.3 is 37.7 Å². The Morgan fingerprint density at radius 3 is 2.58 bits per heavy atom. The van der Waals surface area contributed by atoms with Crippen LogP contribution >= 0.6 is 0 Å². The van der Waals surface area contributed by atoms with Crippen molar-refractivity contribution in [1.82, 2.24) is 0 Å². The van der Waals surface area contributed by atoms with E-state index < -0.39 is 5.82 Å². The fourth-order valence-electron chi connectivity index (χ4n) is 1.30. The maximum absolute atomic E-state index is 12.8. The molecule has 0 aromatic heterocycles. The molecular weight excluding hydrogens is 231 g/mol. The summed E-state index contributed by atoms with van der Waals surface area (Å²) in [6, 6.07) is 15.8. The molecule has 0 spiro atoms. The smallest absolute Gasteiger partial charge is 0.548 e. The largest absolute Gasteiger partial charge is 1.00 e. The minimum absolute atomic E-state index is 0. The van der Waals surface area contributed by atoms with Gasteiger partial charge < -0.3 is 4.74 Å². The van der Waals surface area contributed by atoms with Gasteiger partial charge in [0.2, 0.25) is 0 Å². The molecule has 0 atom stereocenters. The first-order valence-electron chi connectivity index (χ1n) is 4.96. The van der Waals surface area contributed by atoms with Crippen molar-refractivity contribution in [2.45, 2.75) is 0 Å². The first-order valence-corrected chi connectivity index (χ1v) is 4.96. The average molecular weight is 239 g/mol. The molecule has 0 heterocycles. The molecule has 2 aromatic rings. The summed E-state index contributed by atoms with van der Waals surface area (Å²) in [4.78, 5) is 0. The molecule has 0 unspecified atom stereocenters. The van der Waals surface area contributed by atoms with Crippen LogP contribution in [0.5, 0.6) is 5.75 Å². The maximum Gasteiger partial charge on any atom is 1.00 e. The van der Waals surface area contributed by atoms with Gasteiger partial charge in [0.15, 0.2) is 0 Å². The molecule has 0 N–H and O–H groups in total. The molecule has 2 aromatic carbocycles. The van der Waals surface area contributed by atoms with Gasteiger partial charge in [0, 0.05) is 5.82 Å². The van der Waals surface area contributed by atoms with E-state index in [0.717, 1.165) is 5.56 Å². The third kappa shape index (κ3) is 5.48. The number of ether oxygens (including phenoxy) is 1. The molecule has 0 amide bonds. The van der Waals surface area contributed by atoms with Gasteiger partial charge in [-0.05, 0) is 17.9 Å². The van der Waals surface area contributed by atoms with Crippen LogP contribution in [0.25, 0.3) is 0 Å². The Morgan fingerprint density at radius 1 is 1.16 bits per heavy atom. The van der Waals surface area contributed by atoms with E-state index in [9.17, 15) is 4.39 Å². The number of nitrogens with zero attached hydrogens (tertiary/aromatic N) is 1. The van der Waals surface area contributed by atoms with Crippen LogP contribution in [0.2, 0.25) is 0 Å². The predicted molar refractivity (Wildman–Crippen MR) is 60.4 cm³/mol. The van der Waals surface area contributed by atoms with Gasteiger partial charge in [-0.3, -0.25) is 0 Å². The van der Waals surface area contributed by atoms with E-state index in [4.69, 9.17) is 10.00 Å². The van der Waals surface area contributed by atoms with Gasteiger partial charge in [0.25, 0.3) is 0 Å². The molecule has 0 bridgehead atoms. The third-order valence-corrected chi connectivity index (χ3v) is 2.07. The van der Waals surface area contributed by atoms with Crippen molar-refractivity contribution in [3.8, 4) is 11.8 Å². The van der Waals surface area contributed by atoms with Crippen molar-refractivity contribution >= 4 is 0 Å². The first kappa shape index (κ1) is 17.7. The summed E-state index contributed by atoms with van der Waals surface area (Å²) in [5, 5.41) is 8.72. The molecular formula is C14H8FLi2NO. The zero-order chi connectivity index (χ0) is 12.1. The fraction of sp³-hybridized carbons (Fsp3) is 0. The number of benzene rings is 2. The van der Waals surface area contributed by atoms with E-state index in [-0.39, 0.29) is 37.7 Å². The predicted octanol–water partition coefficient (Wildman–Crippen LogP) is -2.91. The van der Waals surface area contributed by atoms with Crippen molar-refractivity contribution in [1.29, 1.82) is 5.26 Å². The zero-order valence-electron chi connectivity index (χ0n) is 10.9. The quantitative estimate of drug-likeness (QED) is 0.425. The Balaban J connectivity index is 0.00000162. The Labute approximate surface area is 135 Å². The molecule has 5 heteroatoms. The van der Waals surface area contributed by atoms with Gasteiger partial charge in [-0.1, -0.05) is 6.07 Å². The van der Waals surface area contributed by atoms with Crippen LogP contribution in [0.4, 0.5) is 4.39 Å². The van der Waals surface area contributed by atoms with Crippen molar-refractivity contribution in [2.24, 2.45) is 0 Å². The minimum Gasteiger partial charge on any atom is -0.548 e. The van der Waals surface area contributed by atoms with Crippen LogP contribution in [0, 0.1) is 29.8 Å². The molecule has 0 aliphatic carbocycles. The van der Waals surface area contributed by atoms with Crippen LogP contribution < -0.4 is 42.5 Å². The maximum atomic E-state index is 12.8. The Kier molecular flexibility index (Phi) is 8.17. The monoisotopic (exact) mass is 239 g/mol. The Morgan fingerprint density at radius 2 is 1.89 bits per heavy atom. The van der Waals surface area contributed by atoms with Crippen molar-refractivity contribution in [2.75, 3.05) is 0 Å². The van der Waals surface area contributed by atoms with Gasteiger partial charge in [-0.15, -0.1) is 30.3 Å². The molecule has 2 rings (SSSR count).